The van der Waals surface area contributed by atoms with Crippen LogP contribution >= 0.6 is 0 Å². The third kappa shape index (κ3) is 2.55. The van der Waals surface area contributed by atoms with E-state index in [4.69, 9.17) is 5.73 Å². The molecule has 1 aromatic rings. The van der Waals surface area contributed by atoms with Crippen LogP contribution in [0.3, 0.4) is 0 Å². The molecule has 0 radical (unpaired) electrons. The van der Waals surface area contributed by atoms with Crippen molar-refractivity contribution in [1.29, 1.82) is 0 Å². The largest absolute Gasteiger partial charge is 0.410 e. The molecule has 0 bridgehead atoms. The standard InChI is InChI=1S/C12H16F3N/c1-3-4-9-5-7-10(8-6-9)11(2,16)12(13,14)15/h5-8H,3-4,16H2,1-2H3. The van der Waals surface area contributed by atoms with Gasteiger partial charge in [0.1, 0.15) is 5.54 Å². The number of hydrogen-bond donors (Lipinski definition) is 1. The molecule has 1 aromatic carbocycles. The van der Waals surface area contributed by atoms with Crippen LogP contribution in [0.4, 0.5) is 13.2 Å². The number of aryl methyl sites for hydroxylation is 1. The molecular weight excluding hydrogens is 215 g/mol. The number of hydrogen-bond acceptors (Lipinski definition) is 1. The number of halogens is 3. The minimum absolute atomic E-state index is 0.0971. The van der Waals surface area contributed by atoms with E-state index in [0.29, 0.717) is 0 Å². The highest BCUT2D eigenvalue weighted by atomic mass is 19.4. The molecule has 0 aliphatic rings. The van der Waals surface area contributed by atoms with E-state index in [1.54, 1.807) is 12.1 Å². The van der Waals surface area contributed by atoms with Crippen LogP contribution < -0.4 is 5.73 Å². The van der Waals surface area contributed by atoms with Crippen molar-refractivity contribution in [2.45, 2.75) is 38.4 Å². The second-order valence-corrected chi connectivity index (χ2v) is 4.15. The van der Waals surface area contributed by atoms with Crippen LogP contribution in [0.25, 0.3) is 0 Å². The quantitative estimate of drug-likeness (QED) is 0.848. The molecule has 1 rings (SSSR count). The predicted molar refractivity (Wildman–Crippen MR) is 58.0 cm³/mol. The molecule has 1 nitrogen and oxygen atoms in total. The second-order valence-electron chi connectivity index (χ2n) is 4.15. The van der Waals surface area contributed by atoms with Crippen LogP contribution in [-0.4, -0.2) is 6.18 Å². The van der Waals surface area contributed by atoms with Gasteiger partial charge in [-0.2, -0.15) is 13.2 Å². The number of rotatable bonds is 3. The lowest BCUT2D eigenvalue weighted by Gasteiger charge is -2.28. The van der Waals surface area contributed by atoms with Gasteiger partial charge < -0.3 is 5.73 Å². The van der Waals surface area contributed by atoms with E-state index in [0.717, 1.165) is 25.3 Å². The zero-order valence-electron chi connectivity index (χ0n) is 9.43. The van der Waals surface area contributed by atoms with Crippen LogP contribution in [0.15, 0.2) is 24.3 Å². The van der Waals surface area contributed by atoms with Gasteiger partial charge in [0.15, 0.2) is 0 Å². The van der Waals surface area contributed by atoms with Gasteiger partial charge in [-0.1, -0.05) is 37.6 Å². The van der Waals surface area contributed by atoms with Crippen molar-refractivity contribution in [3.8, 4) is 0 Å². The summed E-state index contributed by atoms with van der Waals surface area (Å²) in [5, 5.41) is 0. The summed E-state index contributed by atoms with van der Waals surface area (Å²) in [6.07, 6.45) is -2.59. The van der Waals surface area contributed by atoms with Gasteiger partial charge >= 0.3 is 6.18 Å². The first-order chi connectivity index (χ1) is 7.29. The van der Waals surface area contributed by atoms with E-state index >= 15 is 0 Å². The van der Waals surface area contributed by atoms with Gasteiger partial charge in [0.25, 0.3) is 0 Å². The summed E-state index contributed by atoms with van der Waals surface area (Å²) in [5.41, 5.74) is 4.16. The fourth-order valence-corrected chi connectivity index (χ4v) is 1.47. The van der Waals surface area contributed by atoms with E-state index in [1.165, 1.54) is 12.1 Å². The lowest BCUT2D eigenvalue weighted by molar-refractivity contribution is -0.184. The third-order valence-corrected chi connectivity index (χ3v) is 2.68. The van der Waals surface area contributed by atoms with Gasteiger partial charge in [-0.05, 0) is 24.5 Å². The normalized spacial score (nSPS) is 15.9. The highest BCUT2D eigenvalue weighted by Crippen LogP contribution is 2.36. The fraction of sp³-hybridized carbons (Fsp3) is 0.500. The van der Waals surface area contributed by atoms with Crippen molar-refractivity contribution < 1.29 is 13.2 Å². The van der Waals surface area contributed by atoms with Crippen LogP contribution in [0.5, 0.6) is 0 Å². The first-order valence-corrected chi connectivity index (χ1v) is 5.24. The first kappa shape index (κ1) is 13.0. The Morgan fingerprint density at radius 2 is 1.62 bits per heavy atom. The lowest BCUT2D eigenvalue weighted by Crippen LogP contribution is -2.47. The maximum absolute atomic E-state index is 12.6. The Balaban J connectivity index is 2.97. The van der Waals surface area contributed by atoms with Crippen molar-refractivity contribution >= 4 is 0 Å². The molecule has 0 saturated carbocycles. The molecule has 16 heavy (non-hydrogen) atoms. The average molecular weight is 231 g/mol. The Labute approximate surface area is 93.5 Å². The van der Waals surface area contributed by atoms with Gasteiger partial charge in [-0.3, -0.25) is 0 Å². The molecule has 0 aliphatic carbocycles. The topological polar surface area (TPSA) is 26.0 Å². The van der Waals surface area contributed by atoms with Crippen LogP contribution in [0, 0.1) is 0 Å². The van der Waals surface area contributed by atoms with Gasteiger partial charge in [0, 0.05) is 0 Å². The van der Waals surface area contributed by atoms with E-state index in [2.05, 4.69) is 0 Å². The van der Waals surface area contributed by atoms with Crippen LogP contribution in [0.2, 0.25) is 0 Å². The molecule has 4 heteroatoms. The fourth-order valence-electron chi connectivity index (χ4n) is 1.47. The molecule has 2 N–H and O–H groups in total. The molecule has 0 aromatic heterocycles. The highest BCUT2D eigenvalue weighted by molar-refractivity contribution is 5.29. The Hall–Kier alpha value is -1.03. The Kier molecular flexibility index (Phi) is 3.63. The van der Waals surface area contributed by atoms with Crippen molar-refractivity contribution in [3.63, 3.8) is 0 Å². The lowest BCUT2D eigenvalue weighted by atomic mass is 9.91. The molecule has 1 unspecified atom stereocenters. The predicted octanol–water partition coefficient (Wildman–Crippen LogP) is 3.38. The molecule has 90 valence electrons. The molecule has 0 aliphatic heterocycles. The van der Waals surface area contributed by atoms with Gasteiger partial charge in [0.05, 0.1) is 0 Å². The smallest absolute Gasteiger partial charge is 0.314 e. The van der Waals surface area contributed by atoms with Crippen molar-refractivity contribution in [2.75, 3.05) is 0 Å². The molecule has 0 amide bonds. The van der Waals surface area contributed by atoms with Crippen molar-refractivity contribution in [1.82, 2.24) is 0 Å². The van der Waals surface area contributed by atoms with Crippen molar-refractivity contribution in [3.05, 3.63) is 35.4 Å². The maximum atomic E-state index is 12.6. The first-order valence-electron chi connectivity index (χ1n) is 5.24. The molecule has 1 atom stereocenters. The summed E-state index contributed by atoms with van der Waals surface area (Å²) >= 11 is 0. The molecular formula is C12H16F3N. The van der Waals surface area contributed by atoms with E-state index in [1.807, 2.05) is 6.92 Å². The highest BCUT2D eigenvalue weighted by Gasteiger charge is 2.49. The Morgan fingerprint density at radius 3 is 2.00 bits per heavy atom. The van der Waals surface area contributed by atoms with E-state index in [-0.39, 0.29) is 5.56 Å². The van der Waals surface area contributed by atoms with Crippen LogP contribution in [-0.2, 0) is 12.0 Å². The molecule has 0 heterocycles. The molecule has 0 fully saturated rings. The summed E-state index contributed by atoms with van der Waals surface area (Å²) < 4.78 is 37.9. The van der Waals surface area contributed by atoms with Gasteiger partial charge in [-0.25, -0.2) is 0 Å². The summed E-state index contributed by atoms with van der Waals surface area (Å²) in [6, 6.07) is 6.32. The number of nitrogens with two attached hydrogens (primary N) is 1. The minimum Gasteiger partial charge on any atom is -0.314 e. The summed E-state index contributed by atoms with van der Waals surface area (Å²) in [6.45, 7) is 3.01. The minimum atomic E-state index is -4.43. The van der Waals surface area contributed by atoms with Gasteiger partial charge in [0.2, 0.25) is 0 Å². The Bertz CT molecular complexity index is 338. The van der Waals surface area contributed by atoms with Crippen molar-refractivity contribution in [2.24, 2.45) is 5.73 Å². The summed E-state index contributed by atoms with van der Waals surface area (Å²) in [4.78, 5) is 0. The molecule has 0 saturated heterocycles. The zero-order valence-corrected chi connectivity index (χ0v) is 9.43. The van der Waals surface area contributed by atoms with E-state index in [9.17, 15) is 13.2 Å². The maximum Gasteiger partial charge on any atom is 0.410 e. The summed E-state index contributed by atoms with van der Waals surface area (Å²) in [7, 11) is 0. The van der Waals surface area contributed by atoms with Gasteiger partial charge in [-0.15, -0.1) is 0 Å². The third-order valence-electron chi connectivity index (χ3n) is 2.68. The van der Waals surface area contributed by atoms with E-state index < -0.39 is 11.7 Å². The molecule has 0 spiro atoms. The zero-order chi connectivity index (χ0) is 12.4. The Morgan fingerprint density at radius 1 is 1.12 bits per heavy atom. The number of benzene rings is 1. The average Bonchev–Trinajstić information content (AvgIpc) is 2.17. The SMILES string of the molecule is CCCc1ccc(C(C)(N)C(F)(F)F)cc1. The van der Waals surface area contributed by atoms with Crippen LogP contribution in [0.1, 0.15) is 31.4 Å². The summed E-state index contributed by atoms with van der Waals surface area (Å²) in [5.74, 6) is 0. The second kappa shape index (κ2) is 4.45. The monoisotopic (exact) mass is 231 g/mol. The number of alkyl halides is 3.